The molecule has 0 aliphatic carbocycles. The molecule has 0 unspecified atom stereocenters. The van der Waals surface area contributed by atoms with Crippen LogP contribution in [-0.2, 0) is 4.74 Å². The maximum absolute atomic E-state index is 11.7. The van der Waals surface area contributed by atoms with Crippen LogP contribution in [0.25, 0.3) is 0 Å². The van der Waals surface area contributed by atoms with Gasteiger partial charge >= 0.3 is 6.09 Å². The van der Waals surface area contributed by atoms with Gasteiger partial charge in [-0.25, -0.2) is 4.79 Å². The van der Waals surface area contributed by atoms with Crippen LogP contribution in [0.5, 0.6) is 0 Å². The summed E-state index contributed by atoms with van der Waals surface area (Å²) in [5, 5.41) is 2.67. The summed E-state index contributed by atoms with van der Waals surface area (Å²) in [4.78, 5) is 11.7. The summed E-state index contributed by atoms with van der Waals surface area (Å²) in [6, 6.07) is 14.3. The topological polar surface area (TPSA) is 64.3 Å². The lowest BCUT2D eigenvalue weighted by Crippen LogP contribution is -2.27. The Hall–Kier alpha value is -2.23. The van der Waals surface area contributed by atoms with Crippen LogP contribution in [0.2, 0.25) is 0 Å². The Morgan fingerprint density at radius 2 is 1.68 bits per heavy atom. The summed E-state index contributed by atoms with van der Waals surface area (Å²) in [5.74, 6) is 0. The zero-order valence-electron chi connectivity index (χ0n) is 11.5. The molecule has 1 aromatic carbocycles. The number of carbonyl (C=O) groups excluding carboxylic acids is 1. The van der Waals surface area contributed by atoms with Crippen LogP contribution < -0.4 is 11.1 Å². The highest BCUT2D eigenvalue weighted by Gasteiger charge is 2.15. The first-order valence-electron chi connectivity index (χ1n) is 6.06. The molecule has 0 saturated heterocycles. The molecule has 1 rings (SSSR count). The highest BCUT2D eigenvalue weighted by molar-refractivity contribution is 5.84. The van der Waals surface area contributed by atoms with Crippen molar-refractivity contribution in [2.75, 3.05) is 11.1 Å². The maximum atomic E-state index is 11.7. The van der Waals surface area contributed by atoms with Crippen molar-refractivity contribution in [3.8, 4) is 0 Å². The normalized spacial score (nSPS) is 10.3. The molecule has 0 aromatic heterocycles. The molecule has 0 heterocycles. The Kier molecular flexibility index (Phi) is 5.18. The van der Waals surface area contributed by atoms with Crippen molar-refractivity contribution in [3.63, 3.8) is 0 Å². The van der Waals surface area contributed by atoms with Crippen molar-refractivity contribution in [1.29, 1.82) is 0 Å². The van der Waals surface area contributed by atoms with E-state index in [1.165, 1.54) is 0 Å². The molecular formula is C15H20N2O2. The number of carbonyl (C=O) groups is 1. The van der Waals surface area contributed by atoms with Crippen LogP contribution in [0.1, 0.15) is 20.8 Å². The number of nitrogens with two attached hydrogens (primary N) is 1. The number of nitrogen functional groups attached to an aromatic ring is 1. The standard InChI is InChI=1S/C15H20N2O2/c1-15(2,3)19-14(18)17-13-9-7-5-4-6-8-12(16)10-11-13/h4-11H,16H2,1-3H3,(H,17,18). The van der Waals surface area contributed by atoms with Gasteiger partial charge in [0, 0.05) is 11.4 Å². The molecule has 0 aliphatic rings. The van der Waals surface area contributed by atoms with Gasteiger partial charge in [0.05, 0.1) is 0 Å². The molecule has 0 aliphatic heterocycles. The second-order valence-electron chi connectivity index (χ2n) is 5.02. The fraction of sp³-hybridized carbons (Fsp3) is 0.267. The van der Waals surface area contributed by atoms with E-state index in [4.69, 9.17) is 10.5 Å². The monoisotopic (exact) mass is 260 g/mol. The number of hydrogen-bond donors (Lipinski definition) is 2. The second-order valence-corrected chi connectivity index (χ2v) is 5.02. The first-order valence-corrected chi connectivity index (χ1v) is 6.06. The molecule has 0 bridgehead atoms. The molecule has 102 valence electrons. The van der Waals surface area contributed by atoms with Crippen LogP contribution >= 0.6 is 0 Å². The number of hydrogen-bond acceptors (Lipinski definition) is 3. The van der Waals surface area contributed by atoms with E-state index in [9.17, 15) is 4.79 Å². The minimum Gasteiger partial charge on any atom is -0.444 e. The third-order valence-corrected chi connectivity index (χ3v) is 2.00. The number of nitrogens with one attached hydrogen (secondary N) is 1. The molecule has 1 aromatic rings. The number of rotatable bonds is 1. The number of anilines is 2. The van der Waals surface area contributed by atoms with E-state index in [-0.39, 0.29) is 0 Å². The van der Waals surface area contributed by atoms with Gasteiger partial charge in [-0.3, -0.25) is 5.32 Å². The Balaban J connectivity index is 2.92. The molecule has 0 fully saturated rings. The minimum absolute atomic E-state index is 0.494. The lowest BCUT2D eigenvalue weighted by atomic mass is 10.2. The third kappa shape index (κ3) is 6.93. The predicted molar refractivity (Wildman–Crippen MR) is 78.3 cm³/mol. The fourth-order valence-corrected chi connectivity index (χ4v) is 1.26. The summed E-state index contributed by atoms with van der Waals surface area (Å²) in [6.07, 6.45) is -0.494. The third-order valence-electron chi connectivity index (χ3n) is 2.00. The number of amides is 1. The SMILES string of the molecule is CC(C)(C)OC(=O)Nc1ccccccc(N)cc1. The van der Waals surface area contributed by atoms with Gasteiger partial charge < -0.3 is 10.5 Å². The van der Waals surface area contributed by atoms with Crippen LogP contribution in [0.4, 0.5) is 16.2 Å². The van der Waals surface area contributed by atoms with Gasteiger partial charge in [0.2, 0.25) is 0 Å². The highest BCUT2D eigenvalue weighted by atomic mass is 16.6. The summed E-state index contributed by atoms with van der Waals surface area (Å²) in [7, 11) is 0. The first-order chi connectivity index (χ1) is 8.87. The van der Waals surface area contributed by atoms with Gasteiger partial charge in [0.15, 0.2) is 0 Å². The Labute approximate surface area is 113 Å². The van der Waals surface area contributed by atoms with Crippen molar-refractivity contribution < 1.29 is 9.53 Å². The summed E-state index contributed by atoms with van der Waals surface area (Å²) >= 11 is 0. The van der Waals surface area contributed by atoms with Crippen molar-refractivity contribution in [2.45, 2.75) is 26.4 Å². The lowest BCUT2D eigenvalue weighted by molar-refractivity contribution is 0.0636. The van der Waals surface area contributed by atoms with Gasteiger partial charge in [-0.15, -0.1) is 0 Å². The zero-order valence-corrected chi connectivity index (χ0v) is 11.5. The van der Waals surface area contributed by atoms with Crippen LogP contribution in [0.3, 0.4) is 0 Å². The van der Waals surface area contributed by atoms with Crippen molar-refractivity contribution in [1.82, 2.24) is 0 Å². The van der Waals surface area contributed by atoms with Crippen LogP contribution in [0, 0.1) is 0 Å². The van der Waals surface area contributed by atoms with Crippen molar-refractivity contribution >= 4 is 17.5 Å². The van der Waals surface area contributed by atoms with Gasteiger partial charge in [-0.05, 0) is 45.0 Å². The van der Waals surface area contributed by atoms with E-state index in [1.54, 1.807) is 24.3 Å². The molecule has 0 atom stereocenters. The fourth-order valence-electron chi connectivity index (χ4n) is 1.26. The molecule has 19 heavy (non-hydrogen) atoms. The van der Waals surface area contributed by atoms with E-state index in [0.717, 1.165) is 0 Å². The quantitative estimate of drug-likeness (QED) is 0.808. The van der Waals surface area contributed by atoms with Crippen LogP contribution in [-0.4, -0.2) is 11.7 Å². The van der Waals surface area contributed by atoms with Crippen molar-refractivity contribution in [3.05, 3.63) is 48.5 Å². The average Bonchev–Trinajstić information content (AvgIpc) is 2.27. The smallest absolute Gasteiger partial charge is 0.412 e. The van der Waals surface area contributed by atoms with Gasteiger partial charge in [-0.2, -0.15) is 0 Å². The van der Waals surface area contributed by atoms with Crippen LogP contribution in [0.15, 0.2) is 48.5 Å². The summed E-state index contributed by atoms with van der Waals surface area (Å²) < 4.78 is 5.19. The average molecular weight is 260 g/mol. The largest absolute Gasteiger partial charge is 0.444 e. The van der Waals surface area contributed by atoms with Gasteiger partial charge in [0.1, 0.15) is 5.60 Å². The van der Waals surface area contributed by atoms with E-state index in [2.05, 4.69) is 5.32 Å². The van der Waals surface area contributed by atoms with E-state index < -0.39 is 11.7 Å². The zero-order chi connectivity index (χ0) is 14.3. The molecule has 0 saturated carbocycles. The Morgan fingerprint density at radius 3 is 2.32 bits per heavy atom. The second kappa shape index (κ2) is 6.64. The lowest BCUT2D eigenvalue weighted by Gasteiger charge is -2.19. The molecule has 1 amide bonds. The number of ether oxygens (including phenoxy) is 1. The maximum Gasteiger partial charge on any atom is 0.412 e. The molecule has 4 nitrogen and oxygen atoms in total. The molecule has 4 heteroatoms. The first kappa shape index (κ1) is 14.8. The van der Waals surface area contributed by atoms with Gasteiger partial charge in [-0.1, -0.05) is 24.3 Å². The Morgan fingerprint density at radius 1 is 1.05 bits per heavy atom. The molecular weight excluding hydrogens is 240 g/mol. The van der Waals surface area contributed by atoms with E-state index in [1.807, 2.05) is 45.0 Å². The summed E-state index contributed by atoms with van der Waals surface area (Å²) in [6.45, 7) is 5.45. The van der Waals surface area contributed by atoms with E-state index in [0.29, 0.717) is 11.4 Å². The molecule has 0 radical (unpaired) electrons. The van der Waals surface area contributed by atoms with Gasteiger partial charge in [0.25, 0.3) is 0 Å². The predicted octanol–water partition coefficient (Wildman–Crippen LogP) is 3.74. The molecule has 0 spiro atoms. The van der Waals surface area contributed by atoms with E-state index >= 15 is 0 Å². The minimum atomic E-state index is -0.526. The molecule has 3 N–H and O–H groups in total. The van der Waals surface area contributed by atoms with Crippen molar-refractivity contribution in [2.24, 2.45) is 0 Å². The highest BCUT2D eigenvalue weighted by Crippen LogP contribution is 2.10. The summed E-state index contributed by atoms with van der Waals surface area (Å²) in [5.41, 5.74) is 6.43. The Bertz CT molecular complexity index is 492.